The van der Waals surface area contributed by atoms with Gasteiger partial charge in [0, 0.05) is 55.0 Å². The zero-order chi connectivity index (χ0) is 26.7. The Kier molecular flexibility index (Phi) is 8.52. The van der Waals surface area contributed by atoms with E-state index in [0.29, 0.717) is 31.7 Å². The number of amides is 1. The number of benzene rings is 1. The van der Waals surface area contributed by atoms with Gasteiger partial charge in [-0.1, -0.05) is 13.8 Å². The largest absolute Gasteiger partial charge is 0.370 e. The topological polar surface area (TPSA) is 128 Å². The molecular weight excluding hydrogens is 504 g/mol. The van der Waals surface area contributed by atoms with Crippen molar-refractivity contribution in [3.63, 3.8) is 0 Å². The summed E-state index contributed by atoms with van der Waals surface area (Å²) in [6.07, 6.45) is 2.25. The van der Waals surface area contributed by atoms with Crippen molar-refractivity contribution in [2.45, 2.75) is 69.5 Å². The van der Waals surface area contributed by atoms with E-state index in [9.17, 15) is 22.0 Å². The van der Waals surface area contributed by atoms with E-state index >= 15 is 0 Å². The van der Waals surface area contributed by atoms with E-state index in [-0.39, 0.29) is 41.4 Å². The number of carbonyl (C=O) groups is 1. The van der Waals surface area contributed by atoms with Gasteiger partial charge in [0.05, 0.1) is 18.1 Å². The van der Waals surface area contributed by atoms with Gasteiger partial charge in [0.25, 0.3) is 0 Å². The van der Waals surface area contributed by atoms with Gasteiger partial charge in [-0.05, 0) is 37.5 Å². The lowest BCUT2D eigenvalue weighted by Gasteiger charge is -2.38. The smallest absolute Gasteiger partial charge is 0.247 e. The molecule has 0 spiro atoms. The monoisotopic (exact) mass is 537 g/mol. The van der Waals surface area contributed by atoms with Crippen molar-refractivity contribution in [1.29, 1.82) is 0 Å². The van der Waals surface area contributed by atoms with E-state index in [4.69, 9.17) is 10.5 Å². The van der Waals surface area contributed by atoms with Crippen LogP contribution in [-0.4, -0.2) is 60.2 Å². The van der Waals surface area contributed by atoms with E-state index in [1.54, 1.807) is 6.92 Å². The first-order valence-corrected chi connectivity index (χ1v) is 14.2. The van der Waals surface area contributed by atoms with Gasteiger partial charge in [0.15, 0.2) is 0 Å². The minimum absolute atomic E-state index is 0.0976. The van der Waals surface area contributed by atoms with E-state index in [0.717, 1.165) is 30.2 Å². The zero-order valence-electron chi connectivity index (χ0n) is 21.0. The van der Waals surface area contributed by atoms with E-state index < -0.39 is 39.5 Å². The Morgan fingerprint density at radius 2 is 2.11 bits per heavy atom. The molecule has 3 heterocycles. The number of carbonyl (C=O) groups excluding carboxylic acids is 1. The minimum atomic E-state index is -3.76. The highest BCUT2D eigenvalue weighted by atomic mass is 32.2. The number of nitrogens with two attached hydrogens (primary N) is 1. The van der Waals surface area contributed by atoms with Crippen LogP contribution >= 0.6 is 0 Å². The van der Waals surface area contributed by atoms with Gasteiger partial charge in [0.2, 0.25) is 20.9 Å². The second-order valence-corrected chi connectivity index (χ2v) is 11.8. The molecule has 1 aromatic heterocycles. The molecule has 9 nitrogen and oxygen atoms in total. The Morgan fingerprint density at radius 1 is 1.32 bits per heavy atom. The van der Waals surface area contributed by atoms with Crippen molar-refractivity contribution in [3.05, 3.63) is 52.9 Å². The fraction of sp³-hybridized carbons (Fsp3) is 0.560. The normalized spacial score (nSPS) is 23.0. The first-order chi connectivity index (χ1) is 17.6. The van der Waals surface area contributed by atoms with Gasteiger partial charge in [-0.15, -0.1) is 0 Å². The van der Waals surface area contributed by atoms with Crippen LogP contribution < -0.4 is 11.1 Å². The number of rotatable bonds is 9. The molecule has 1 aromatic carbocycles. The molecule has 4 atom stereocenters. The lowest BCUT2D eigenvalue weighted by atomic mass is 9.93. The fourth-order valence-corrected chi connectivity index (χ4v) is 6.01. The number of sulfone groups is 1. The third kappa shape index (κ3) is 6.31. The Labute approximate surface area is 215 Å². The molecular formula is C25H33F2N5O4S. The molecule has 1 saturated heterocycles. The number of halogens is 2. The van der Waals surface area contributed by atoms with Crippen molar-refractivity contribution < 1.29 is 26.7 Å². The molecule has 0 aliphatic carbocycles. The van der Waals surface area contributed by atoms with E-state index in [1.807, 2.05) is 6.92 Å². The van der Waals surface area contributed by atoms with Crippen LogP contribution in [0.1, 0.15) is 56.0 Å². The van der Waals surface area contributed by atoms with Crippen molar-refractivity contribution >= 4 is 15.7 Å². The Bertz CT molecular complexity index is 1250. The van der Waals surface area contributed by atoms with Crippen molar-refractivity contribution in [2.24, 2.45) is 11.7 Å². The summed E-state index contributed by atoms with van der Waals surface area (Å²) in [6.45, 7) is 5.37. The van der Waals surface area contributed by atoms with Crippen molar-refractivity contribution in [2.75, 3.05) is 18.9 Å². The molecule has 3 N–H and O–H groups in total. The van der Waals surface area contributed by atoms with Crippen LogP contribution in [0.2, 0.25) is 0 Å². The number of hydrogen-bond donors (Lipinski definition) is 2. The average molecular weight is 538 g/mol. The minimum Gasteiger partial charge on any atom is -0.370 e. The third-order valence-electron chi connectivity index (χ3n) is 6.94. The van der Waals surface area contributed by atoms with Crippen LogP contribution in [0.25, 0.3) is 0 Å². The van der Waals surface area contributed by atoms with Gasteiger partial charge in [-0.3, -0.25) is 9.69 Å². The quantitative estimate of drug-likeness (QED) is 0.467. The van der Waals surface area contributed by atoms with Crippen molar-refractivity contribution in [1.82, 2.24) is 20.2 Å². The SMILES string of the molecule is CCCNC(=O)C(C)CCS(=O)(=O)c1ncc2c(n1)CN(C1COC(c3cc(F)ccc3F)[C@@H](N)C1)C2. The first kappa shape index (κ1) is 27.5. The average Bonchev–Trinajstić information content (AvgIpc) is 3.31. The number of ether oxygens (including phenoxy) is 1. The molecule has 2 aliphatic rings. The predicted octanol–water partition coefficient (Wildman–Crippen LogP) is 2.25. The summed E-state index contributed by atoms with van der Waals surface area (Å²) in [4.78, 5) is 22.6. The van der Waals surface area contributed by atoms with Crippen LogP contribution in [0.15, 0.2) is 29.6 Å². The lowest BCUT2D eigenvalue weighted by Crippen LogP contribution is -2.47. The number of nitrogens with one attached hydrogen (secondary N) is 1. The van der Waals surface area contributed by atoms with Gasteiger partial charge < -0.3 is 15.8 Å². The molecule has 12 heteroatoms. The summed E-state index contributed by atoms with van der Waals surface area (Å²) in [5.74, 6) is -1.94. The molecule has 37 heavy (non-hydrogen) atoms. The van der Waals surface area contributed by atoms with Gasteiger partial charge >= 0.3 is 0 Å². The second-order valence-electron chi connectivity index (χ2n) is 9.80. The molecule has 1 amide bonds. The maximum Gasteiger partial charge on any atom is 0.247 e. The summed E-state index contributed by atoms with van der Waals surface area (Å²) in [5, 5.41) is 2.53. The van der Waals surface area contributed by atoms with Crippen LogP contribution in [0.3, 0.4) is 0 Å². The number of hydrogen-bond acceptors (Lipinski definition) is 8. The molecule has 0 saturated carbocycles. The molecule has 2 aromatic rings. The Balaban J connectivity index is 1.37. The van der Waals surface area contributed by atoms with Gasteiger partial charge in [0.1, 0.15) is 17.7 Å². The molecule has 4 rings (SSSR count). The van der Waals surface area contributed by atoms with E-state index in [1.165, 1.54) is 6.20 Å². The van der Waals surface area contributed by atoms with Crippen LogP contribution in [-0.2, 0) is 32.5 Å². The number of fused-ring (bicyclic) bond motifs is 1. The van der Waals surface area contributed by atoms with Gasteiger partial charge in [-0.2, -0.15) is 0 Å². The first-order valence-electron chi connectivity index (χ1n) is 12.5. The summed E-state index contributed by atoms with van der Waals surface area (Å²) < 4.78 is 59.5. The molecule has 0 radical (unpaired) electrons. The summed E-state index contributed by atoms with van der Waals surface area (Å²) in [5.41, 5.74) is 7.85. The molecule has 0 bridgehead atoms. The summed E-state index contributed by atoms with van der Waals surface area (Å²) >= 11 is 0. The standard InChI is InChI=1S/C25H33F2N5O4S/c1-3-7-29-24(33)15(2)6-8-37(34,35)25-30-11-16-12-32(13-22(16)31-25)18-10-21(28)23(36-14-18)19-9-17(26)4-5-20(19)27/h4-5,9,11,15,18,21,23H,3,6-8,10,12-14,28H2,1-2H3,(H,29,33)/t15?,18?,21-,23?/m0/s1. The Morgan fingerprint density at radius 3 is 2.84 bits per heavy atom. The highest BCUT2D eigenvalue weighted by Gasteiger charge is 2.37. The summed E-state index contributed by atoms with van der Waals surface area (Å²) in [6, 6.07) is 2.59. The lowest BCUT2D eigenvalue weighted by molar-refractivity contribution is -0.124. The highest BCUT2D eigenvalue weighted by Crippen LogP contribution is 2.34. The van der Waals surface area contributed by atoms with Crippen molar-refractivity contribution in [3.8, 4) is 0 Å². The van der Waals surface area contributed by atoms with Gasteiger partial charge in [-0.25, -0.2) is 27.2 Å². The fourth-order valence-electron chi connectivity index (χ4n) is 4.70. The zero-order valence-corrected chi connectivity index (χ0v) is 21.8. The number of nitrogens with zero attached hydrogens (tertiary/aromatic N) is 3. The van der Waals surface area contributed by atoms with E-state index in [2.05, 4.69) is 20.2 Å². The Hall–Kier alpha value is -2.54. The highest BCUT2D eigenvalue weighted by molar-refractivity contribution is 7.91. The third-order valence-corrected chi connectivity index (χ3v) is 8.46. The maximum atomic E-state index is 14.2. The molecule has 1 fully saturated rings. The number of aromatic nitrogens is 2. The molecule has 3 unspecified atom stereocenters. The maximum absolute atomic E-state index is 14.2. The second kappa shape index (κ2) is 11.5. The molecule has 2 aliphatic heterocycles. The summed E-state index contributed by atoms with van der Waals surface area (Å²) in [7, 11) is -3.76. The van der Waals surface area contributed by atoms with Crippen LogP contribution in [0.5, 0.6) is 0 Å². The van der Waals surface area contributed by atoms with Crippen LogP contribution in [0, 0.1) is 17.6 Å². The van der Waals surface area contributed by atoms with Crippen LogP contribution in [0.4, 0.5) is 8.78 Å². The molecule has 202 valence electrons. The predicted molar refractivity (Wildman–Crippen MR) is 132 cm³/mol.